The first-order valence-electron chi connectivity index (χ1n) is 12.9. The Kier molecular flexibility index (Phi) is 10.9. The van der Waals surface area contributed by atoms with Crippen molar-refractivity contribution >= 4 is 23.4 Å². The standard InChI is InChI=1S/C29H37ClO7/c1-5-8-21-24(13-10-19-11-14-26(29(32)34-4)37-27(19)21)35-16-7-17-36-25-15-12-20(23(31)18-30)28(33-3)22(25)9-6-2/h10,12-13,15,26H,5-9,11,14,16-18H2,1-4H3. The molecule has 0 fully saturated rings. The Morgan fingerprint density at radius 3 is 2.24 bits per heavy atom. The number of carbonyl (C=O) groups excluding carboxylic acids is 2. The van der Waals surface area contributed by atoms with Gasteiger partial charge in [0, 0.05) is 17.5 Å². The van der Waals surface area contributed by atoms with Gasteiger partial charge in [0.2, 0.25) is 0 Å². The molecular weight excluding hydrogens is 496 g/mol. The molecule has 0 radical (unpaired) electrons. The maximum absolute atomic E-state index is 12.2. The lowest BCUT2D eigenvalue weighted by Gasteiger charge is -2.27. The van der Waals surface area contributed by atoms with Gasteiger partial charge in [-0.2, -0.15) is 0 Å². The van der Waals surface area contributed by atoms with E-state index in [1.165, 1.54) is 7.11 Å². The Bertz CT molecular complexity index is 1080. The number of hydrogen-bond acceptors (Lipinski definition) is 7. The third-order valence-corrected chi connectivity index (χ3v) is 6.59. The van der Waals surface area contributed by atoms with Crippen LogP contribution in [0.25, 0.3) is 0 Å². The number of carbonyl (C=O) groups is 2. The highest BCUT2D eigenvalue weighted by Gasteiger charge is 2.29. The molecule has 0 amide bonds. The molecule has 0 bridgehead atoms. The van der Waals surface area contributed by atoms with Crippen molar-refractivity contribution in [2.45, 2.75) is 64.9 Å². The van der Waals surface area contributed by atoms with Crippen LogP contribution in [-0.4, -0.2) is 51.2 Å². The number of ketones is 1. The zero-order valence-electron chi connectivity index (χ0n) is 22.2. The molecule has 0 aliphatic carbocycles. The molecule has 1 heterocycles. The number of ether oxygens (including phenoxy) is 5. The number of fused-ring (bicyclic) bond motifs is 1. The number of aryl methyl sites for hydroxylation is 1. The van der Waals surface area contributed by atoms with E-state index in [-0.39, 0.29) is 17.6 Å². The van der Waals surface area contributed by atoms with Gasteiger partial charge in [0.25, 0.3) is 0 Å². The maximum Gasteiger partial charge on any atom is 0.347 e. The SMILES string of the molecule is CCCc1c(OCCCOc2ccc(C(=O)CCl)c(OC)c2CCC)ccc2c1OC(C(=O)OC)CC2. The number of esters is 1. The minimum atomic E-state index is -0.586. The van der Waals surface area contributed by atoms with Gasteiger partial charge in [0.1, 0.15) is 23.0 Å². The first kappa shape index (κ1) is 28.6. The summed E-state index contributed by atoms with van der Waals surface area (Å²) < 4.78 is 28.7. The predicted octanol–water partition coefficient (Wildman–Crippen LogP) is 5.74. The second kappa shape index (κ2) is 14.1. The topological polar surface area (TPSA) is 80.3 Å². The second-order valence-electron chi connectivity index (χ2n) is 8.93. The number of halogens is 1. The highest BCUT2D eigenvalue weighted by atomic mass is 35.5. The lowest BCUT2D eigenvalue weighted by molar-refractivity contribution is -0.149. The number of benzene rings is 2. The van der Waals surface area contributed by atoms with Crippen molar-refractivity contribution in [1.82, 2.24) is 0 Å². The van der Waals surface area contributed by atoms with Crippen LogP contribution < -0.4 is 18.9 Å². The van der Waals surface area contributed by atoms with Gasteiger partial charge in [-0.25, -0.2) is 4.79 Å². The second-order valence-corrected chi connectivity index (χ2v) is 9.20. The van der Waals surface area contributed by atoms with E-state index in [0.717, 1.165) is 60.3 Å². The van der Waals surface area contributed by atoms with Crippen LogP contribution in [0.4, 0.5) is 0 Å². The third kappa shape index (κ3) is 6.89. The highest BCUT2D eigenvalue weighted by Crippen LogP contribution is 2.38. The van der Waals surface area contributed by atoms with E-state index in [4.69, 9.17) is 35.3 Å². The smallest absolute Gasteiger partial charge is 0.347 e. The summed E-state index contributed by atoms with van der Waals surface area (Å²) in [6.07, 6.45) is 4.75. The average Bonchev–Trinajstić information content (AvgIpc) is 2.93. The molecule has 7 nitrogen and oxygen atoms in total. The fraction of sp³-hybridized carbons (Fsp3) is 0.517. The molecule has 1 unspecified atom stereocenters. The minimum Gasteiger partial charge on any atom is -0.496 e. The lowest BCUT2D eigenvalue weighted by atomic mass is 9.96. The van der Waals surface area contributed by atoms with Crippen LogP contribution in [0.15, 0.2) is 24.3 Å². The largest absolute Gasteiger partial charge is 0.496 e. The van der Waals surface area contributed by atoms with Crippen LogP contribution >= 0.6 is 11.6 Å². The van der Waals surface area contributed by atoms with Gasteiger partial charge in [0.05, 0.1) is 38.9 Å². The minimum absolute atomic E-state index is 0.101. The summed E-state index contributed by atoms with van der Waals surface area (Å²) in [5.41, 5.74) is 3.43. The van der Waals surface area contributed by atoms with E-state index in [0.29, 0.717) is 43.1 Å². The van der Waals surface area contributed by atoms with E-state index in [2.05, 4.69) is 13.8 Å². The Hall–Kier alpha value is -2.93. The number of hydrogen-bond donors (Lipinski definition) is 0. The zero-order valence-corrected chi connectivity index (χ0v) is 22.9. The highest BCUT2D eigenvalue weighted by molar-refractivity contribution is 6.30. The fourth-order valence-corrected chi connectivity index (χ4v) is 4.73. The van der Waals surface area contributed by atoms with Gasteiger partial charge >= 0.3 is 5.97 Å². The Morgan fingerprint density at radius 2 is 1.62 bits per heavy atom. The van der Waals surface area contributed by atoms with Gasteiger partial charge in [0.15, 0.2) is 11.9 Å². The molecule has 1 aliphatic heterocycles. The molecule has 2 aromatic carbocycles. The third-order valence-electron chi connectivity index (χ3n) is 6.35. The molecule has 1 atom stereocenters. The van der Waals surface area contributed by atoms with Crippen LogP contribution in [-0.2, 0) is 28.8 Å². The Balaban J connectivity index is 1.66. The molecule has 1 aliphatic rings. The van der Waals surface area contributed by atoms with Crippen molar-refractivity contribution in [2.24, 2.45) is 0 Å². The first-order chi connectivity index (χ1) is 18.0. The molecule has 0 saturated heterocycles. The van der Waals surface area contributed by atoms with Gasteiger partial charge in [-0.15, -0.1) is 11.6 Å². The van der Waals surface area contributed by atoms with Crippen molar-refractivity contribution in [3.8, 4) is 23.0 Å². The van der Waals surface area contributed by atoms with Gasteiger partial charge in [-0.3, -0.25) is 4.79 Å². The van der Waals surface area contributed by atoms with Crippen molar-refractivity contribution in [2.75, 3.05) is 33.3 Å². The summed E-state index contributed by atoms with van der Waals surface area (Å²) in [5.74, 6) is 2.12. The van der Waals surface area contributed by atoms with Crippen LogP contribution in [0.5, 0.6) is 23.0 Å². The van der Waals surface area contributed by atoms with Crippen LogP contribution in [0.3, 0.4) is 0 Å². The van der Waals surface area contributed by atoms with Gasteiger partial charge < -0.3 is 23.7 Å². The number of rotatable bonds is 14. The summed E-state index contributed by atoms with van der Waals surface area (Å²) in [4.78, 5) is 24.3. The summed E-state index contributed by atoms with van der Waals surface area (Å²) >= 11 is 5.77. The van der Waals surface area contributed by atoms with E-state index in [9.17, 15) is 9.59 Å². The van der Waals surface area contributed by atoms with E-state index in [1.54, 1.807) is 13.2 Å². The summed E-state index contributed by atoms with van der Waals surface area (Å²) in [6.45, 7) is 5.07. The fourth-order valence-electron chi connectivity index (χ4n) is 4.59. The van der Waals surface area contributed by atoms with Crippen molar-refractivity contribution < 1.29 is 33.3 Å². The average molecular weight is 533 g/mol. The van der Waals surface area contributed by atoms with E-state index >= 15 is 0 Å². The van der Waals surface area contributed by atoms with E-state index in [1.807, 2.05) is 18.2 Å². The molecule has 3 rings (SSSR count). The van der Waals surface area contributed by atoms with Gasteiger partial charge in [-0.1, -0.05) is 32.8 Å². The predicted molar refractivity (Wildman–Crippen MR) is 143 cm³/mol. The molecule has 0 N–H and O–H groups in total. The number of Topliss-reactive ketones (excluding diaryl/α,β-unsaturated/α-hetero) is 1. The van der Waals surface area contributed by atoms with Crippen molar-refractivity contribution in [1.29, 1.82) is 0 Å². The summed E-state index contributed by atoms with van der Waals surface area (Å²) in [6, 6.07) is 7.52. The summed E-state index contributed by atoms with van der Waals surface area (Å²) in [7, 11) is 2.94. The van der Waals surface area contributed by atoms with Crippen LogP contribution in [0, 0.1) is 0 Å². The Labute approximate surface area is 224 Å². The normalized spacial score (nSPS) is 14.4. The lowest BCUT2D eigenvalue weighted by Crippen LogP contribution is -2.32. The molecule has 8 heteroatoms. The molecule has 37 heavy (non-hydrogen) atoms. The van der Waals surface area contributed by atoms with Crippen LogP contribution in [0.2, 0.25) is 0 Å². The van der Waals surface area contributed by atoms with Crippen molar-refractivity contribution in [3.05, 3.63) is 46.5 Å². The quantitative estimate of drug-likeness (QED) is 0.133. The molecular formula is C29H37ClO7. The first-order valence-corrected chi connectivity index (χ1v) is 13.5. The molecule has 2 aromatic rings. The van der Waals surface area contributed by atoms with E-state index < -0.39 is 6.10 Å². The molecule has 0 saturated carbocycles. The summed E-state index contributed by atoms with van der Waals surface area (Å²) in [5, 5.41) is 0. The zero-order chi connectivity index (χ0) is 26.8. The van der Waals surface area contributed by atoms with Crippen molar-refractivity contribution in [3.63, 3.8) is 0 Å². The number of alkyl halides is 1. The monoisotopic (exact) mass is 532 g/mol. The maximum atomic E-state index is 12.2. The molecule has 0 spiro atoms. The van der Waals surface area contributed by atoms with Gasteiger partial charge in [-0.05, 0) is 49.4 Å². The molecule has 0 aromatic heterocycles. The number of methoxy groups -OCH3 is 2. The van der Waals surface area contributed by atoms with Crippen LogP contribution in [0.1, 0.15) is 66.6 Å². The Morgan fingerprint density at radius 1 is 0.973 bits per heavy atom. The molecule has 202 valence electrons.